The Morgan fingerprint density at radius 2 is 1.93 bits per heavy atom. The SMILES string of the molecule is C=C(C/C=C(\C=N)c1nc(-c2ccc(F)cc2)oc1Sc1ccc(F)cn1)S(C)=O. The maximum atomic E-state index is 13.3. The van der Waals surface area contributed by atoms with E-state index >= 15 is 0 Å². The molecular formula is C21H17F2N3O2S2. The maximum Gasteiger partial charge on any atom is 0.228 e. The third-order valence-electron chi connectivity index (χ3n) is 3.97. The van der Waals surface area contributed by atoms with E-state index in [1.165, 1.54) is 42.7 Å². The average Bonchev–Trinajstić information content (AvgIpc) is 3.14. The lowest BCUT2D eigenvalue weighted by Gasteiger charge is -2.02. The summed E-state index contributed by atoms with van der Waals surface area (Å²) in [6.45, 7) is 3.76. The number of pyridine rings is 1. The molecule has 154 valence electrons. The highest BCUT2D eigenvalue weighted by molar-refractivity contribution is 7.99. The number of aromatic nitrogens is 2. The highest BCUT2D eigenvalue weighted by atomic mass is 32.2. The lowest BCUT2D eigenvalue weighted by molar-refractivity contribution is 0.482. The highest BCUT2D eigenvalue weighted by Crippen LogP contribution is 2.36. The summed E-state index contributed by atoms with van der Waals surface area (Å²) in [4.78, 5) is 9.00. The minimum absolute atomic E-state index is 0.236. The van der Waals surface area contributed by atoms with Crippen molar-refractivity contribution in [1.82, 2.24) is 9.97 Å². The summed E-state index contributed by atoms with van der Waals surface area (Å²) in [5.41, 5.74) is 1.36. The van der Waals surface area contributed by atoms with Gasteiger partial charge in [-0.3, -0.25) is 4.21 Å². The monoisotopic (exact) mass is 445 g/mol. The first-order valence-corrected chi connectivity index (χ1v) is 11.0. The van der Waals surface area contributed by atoms with Gasteiger partial charge in [0, 0.05) is 39.3 Å². The molecule has 5 nitrogen and oxygen atoms in total. The Kier molecular flexibility index (Phi) is 7.07. The first-order valence-electron chi connectivity index (χ1n) is 8.65. The highest BCUT2D eigenvalue weighted by Gasteiger charge is 2.19. The van der Waals surface area contributed by atoms with E-state index in [1.807, 2.05) is 0 Å². The summed E-state index contributed by atoms with van der Waals surface area (Å²) in [5, 5.41) is 8.61. The summed E-state index contributed by atoms with van der Waals surface area (Å²) in [6.07, 6.45) is 5.72. The Hall–Kier alpha value is -2.91. The first kappa shape index (κ1) is 21.8. The van der Waals surface area contributed by atoms with Crippen LogP contribution < -0.4 is 0 Å². The molecule has 3 aromatic rings. The Morgan fingerprint density at radius 3 is 2.53 bits per heavy atom. The summed E-state index contributed by atoms with van der Waals surface area (Å²) < 4.78 is 43.9. The van der Waals surface area contributed by atoms with Gasteiger partial charge in [0.1, 0.15) is 22.4 Å². The van der Waals surface area contributed by atoms with Crippen molar-refractivity contribution >= 4 is 34.3 Å². The van der Waals surface area contributed by atoms with Crippen LogP contribution in [0.1, 0.15) is 12.1 Å². The predicted molar refractivity (Wildman–Crippen MR) is 115 cm³/mol. The second-order valence-electron chi connectivity index (χ2n) is 6.08. The van der Waals surface area contributed by atoms with E-state index in [1.54, 1.807) is 6.08 Å². The molecule has 30 heavy (non-hydrogen) atoms. The van der Waals surface area contributed by atoms with Gasteiger partial charge in [0.15, 0.2) is 5.09 Å². The number of rotatable bonds is 8. The lowest BCUT2D eigenvalue weighted by atomic mass is 10.2. The van der Waals surface area contributed by atoms with Crippen molar-refractivity contribution < 1.29 is 17.4 Å². The molecule has 1 N–H and O–H groups in total. The molecule has 0 spiro atoms. The van der Waals surface area contributed by atoms with Crippen molar-refractivity contribution in [3.05, 3.63) is 77.5 Å². The van der Waals surface area contributed by atoms with Crippen LogP contribution in [-0.2, 0) is 10.8 Å². The minimum atomic E-state index is -1.20. The van der Waals surface area contributed by atoms with Gasteiger partial charge >= 0.3 is 0 Å². The smallest absolute Gasteiger partial charge is 0.228 e. The van der Waals surface area contributed by atoms with Gasteiger partial charge in [-0.25, -0.2) is 18.7 Å². The Balaban J connectivity index is 2.03. The van der Waals surface area contributed by atoms with Crippen molar-refractivity contribution in [2.45, 2.75) is 16.5 Å². The number of hydrogen-bond acceptors (Lipinski definition) is 6. The van der Waals surface area contributed by atoms with Crippen LogP contribution in [-0.4, -0.2) is 26.6 Å². The van der Waals surface area contributed by atoms with Crippen molar-refractivity contribution in [2.75, 3.05) is 6.26 Å². The Bertz CT molecular complexity index is 1120. The number of benzene rings is 1. The molecule has 2 aromatic heterocycles. The van der Waals surface area contributed by atoms with E-state index in [4.69, 9.17) is 9.83 Å². The molecule has 0 aliphatic carbocycles. The van der Waals surface area contributed by atoms with E-state index in [9.17, 15) is 13.0 Å². The van der Waals surface area contributed by atoms with Gasteiger partial charge in [0.2, 0.25) is 5.89 Å². The van der Waals surface area contributed by atoms with Gasteiger partial charge in [0.05, 0.1) is 6.20 Å². The summed E-state index contributed by atoms with van der Waals surface area (Å²) in [7, 11) is -1.20. The van der Waals surface area contributed by atoms with Crippen LogP contribution in [0.4, 0.5) is 8.78 Å². The van der Waals surface area contributed by atoms with Crippen LogP contribution in [0, 0.1) is 17.0 Å². The van der Waals surface area contributed by atoms with Crippen molar-refractivity contribution in [2.24, 2.45) is 0 Å². The second kappa shape index (κ2) is 9.73. The lowest BCUT2D eigenvalue weighted by Crippen LogP contribution is -1.93. The molecule has 1 aromatic carbocycles. The molecule has 3 rings (SSSR count). The van der Waals surface area contributed by atoms with Crippen LogP contribution in [0.3, 0.4) is 0 Å². The van der Waals surface area contributed by atoms with Crippen LogP contribution in [0.2, 0.25) is 0 Å². The van der Waals surface area contributed by atoms with E-state index in [0.717, 1.165) is 24.2 Å². The normalized spacial score (nSPS) is 12.6. The summed E-state index contributed by atoms with van der Waals surface area (Å²) in [5.74, 6) is -0.614. The Labute approximate surface area is 178 Å². The number of nitrogens with zero attached hydrogens (tertiary/aromatic N) is 2. The molecule has 9 heteroatoms. The number of oxazole rings is 1. The topological polar surface area (TPSA) is 79.8 Å². The Morgan fingerprint density at radius 1 is 1.23 bits per heavy atom. The molecule has 0 amide bonds. The van der Waals surface area contributed by atoms with Crippen LogP contribution in [0.5, 0.6) is 0 Å². The van der Waals surface area contributed by atoms with Gasteiger partial charge in [-0.05, 0) is 54.6 Å². The summed E-state index contributed by atoms with van der Waals surface area (Å²) in [6, 6.07) is 8.43. The predicted octanol–water partition coefficient (Wildman–Crippen LogP) is 5.48. The van der Waals surface area contributed by atoms with E-state index < -0.39 is 16.6 Å². The number of nitrogens with one attached hydrogen (secondary N) is 1. The third kappa shape index (κ3) is 5.37. The van der Waals surface area contributed by atoms with Gasteiger partial charge in [0.25, 0.3) is 0 Å². The zero-order chi connectivity index (χ0) is 21.7. The van der Waals surface area contributed by atoms with Gasteiger partial charge < -0.3 is 9.83 Å². The molecule has 0 fully saturated rings. The quantitative estimate of drug-likeness (QED) is 0.464. The van der Waals surface area contributed by atoms with E-state index in [2.05, 4.69) is 16.5 Å². The fraction of sp³-hybridized carbons (Fsp3) is 0.0952. The maximum absolute atomic E-state index is 13.3. The molecule has 1 unspecified atom stereocenters. The zero-order valence-corrected chi connectivity index (χ0v) is 17.5. The summed E-state index contributed by atoms with van der Waals surface area (Å²) >= 11 is 1.12. The fourth-order valence-corrected chi connectivity index (χ4v) is 3.49. The van der Waals surface area contributed by atoms with E-state index in [-0.39, 0.29) is 11.7 Å². The van der Waals surface area contributed by atoms with Gasteiger partial charge in [-0.15, -0.1) is 0 Å². The minimum Gasteiger partial charge on any atom is -0.429 e. The third-order valence-corrected chi connectivity index (χ3v) is 5.86. The molecule has 0 saturated carbocycles. The van der Waals surface area contributed by atoms with E-state index in [0.29, 0.717) is 38.3 Å². The van der Waals surface area contributed by atoms with Crippen LogP contribution in [0.15, 0.2) is 74.7 Å². The molecule has 0 radical (unpaired) electrons. The fourth-order valence-electron chi connectivity index (χ4n) is 2.36. The standard InChI is InChI=1S/C21H17F2N3O2S2/c1-13(30(2)27)3-4-15(11-24)19-21(29-18-10-9-17(23)12-25-18)28-20(26-19)14-5-7-16(22)8-6-14/h4-12,24H,1,3H2,2H3/b15-4+,24-11?. The second-order valence-corrected chi connectivity index (χ2v) is 8.56. The van der Waals surface area contributed by atoms with Crippen molar-refractivity contribution in [3.8, 4) is 11.5 Å². The average molecular weight is 446 g/mol. The number of hydrogen-bond donors (Lipinski definition) is 1. The van der Waals surface area contributed by atoms with Crippen molar-refractivity contribution in [1.29, 1.82) is 5.41 Å². The van der Waals surface area contributed by atoms with Gasteiger partial charge in [-0.2, -0.15) is 0 Å². The van der Waals surface area contributed by atoms with Crippen LogP contribution >= 0.6 is 11.8 Å². The molecule has 0 aliphatic heterocycles. The molecule has 0 saturated heterocycles. The first-order chi connectivity index (χ1) is 14.4. The van der Waals surface area contributed by atoms with Gasteiger partial charge in [-0.1, -0.05) is 12.7 Å². The molecule has 2 heterocycles. The molecule has 1 atom stereocenters. The molecule has 0 bridgehead atoms. The largest absolute Gasteiger partial charge is 0.429 e. The molecule has 0 aliphatic rings. The number of halogens is 2. The van der Waals surface area contributed by atoms with Crippen molar-refractivity contribution in [3.63, 3.8) is 0 Å². The zero-order valence-electron chi connectivity index (χ0n) is 15.9. The van der Waals surface area contributed by atoms with Crippen LogP contribution in [0.25, 0.3) is 17.0 Å². The number of allylic oxidation sites excluding steroid dienone is 3. The molecular weight excluding hydrogens is 428 g/mol.